The van der Waals surface area contributed by atoms with Gasteiger partial charge in [0.15, 0.2) is 0 Å². The van der Waals surface area contributed by atoms with Gasteiger partial charge in [-0.05, 0) is 38.1 Å². The van der Waals surface area contributed by atoms with Crippen LogP contribution in [0.1, 0.15) is 39.5 Å². The quantitative estimate of drug-likeness (QED) is 0.620. The summed E-state index contributed by atoms with van der Waals surface area (Å²) in [6.07, 6.45) is 4.78. The van der Waals surface area contributed by atoms with E-state index in [2.05, 4.69) is 19.2 Å². The third kappa shape index (κ3) is 5.17. The van der Waals surface area contributed by atoms with Gasteiger partial charge in [-0.15, -0.1) is 0 Å². The fraction of sp³-hybridized carbons (Fsp3) is 0.917. The minimum absolute atomic E-state index is 0.275. The lowest BCUT2D eigenvalue weighted by Crippen LogP contribution is -2.40. The van der Waals surface area contributed by atoms with Gasteiger partial charge in [-0.3, -0.25) is 4.79 Å². The Morgan fingerprint density at radius 1 is 1.33 bits per heavy atom. The van der Waals surface area contributed by atoms with E-state index in [4.69, 9.17) is 0 Å². The second kappa shape index (κ2) is 6.83. The molecular weight excluding hydrogens is 188 g/mol. The van der Waals surface area contributed by atoms with E-state index in [1.54, 1.807) is 0 Å². The topological polar surface area (TPSA) is 32.3 Å². The van der Waals surface area contributed by atoms with Crippen molar-refractivity contribution in [2.75, 3.05) is 26.2 Å². The van der Waals surface area contributed by atoms with Crippen molar-refractivity contribution in [3.63, 3.8) is 0 Å². The zero-order valence-corrected chi connectivity index (χ0v) is 10.1. The van der Waals surface area contributed by atoms with Crippen LogP contribution >= 0.6 is 0 Å². The number of hydrogen-bond acceptors (Lipinski definition) is 2. The molecule has 0 aromatic carbocycles. The lowest BCUT2D eigenvalue weighted by Gasteiger charge is -2.22. The van der Waals surface area contributed by atoms with Crippen molar-refractivity contribution in [1.82, 2.24) is 10.2 Å². The highest BCUT2D eigenvalue weighted by Crippen LogP contribution is 2.29. The Hall–Kier alpha value is -0.570. The monoisotopic (exact) mass is 212 g/mol. The van der Waals surface area contributed by atoms with E-state index in [-0.39, 0.29) is 5.91 Å². The van der Waals surface area contributed by atoms with Gasteiger partial charge in [0.1, 0.15) is 0 Å². The van der Waals surface area contributed by atoms with Gasteiger partial charge < -0.3 is 10.2 Å². The van der Waals surface area contributed by atoms with E-state index in [9.17, 15) is 4.79 Å². The number of rotatable bonds is 8. The number of carbonyl (C=O) groups excluding carboxylic acids is 1. The van der Waals surface area contributed by atoms with Crippen molar-refractivity contribution in [3.8, 4) is 0 Å². The summed E-state index contributed by atoms with van der Waals surface area (Å²) in [4.78, 5) is 13.9. The third-order valence-electron chi connectivity index (χ3n) is 2.72. The van der Waals surface area contributed by atoms with Crippen LogP contribution < -0.4 is 5.32 Å². The molecule has 0 spiro atoms. The number of nitrogens with one attached hydrogen (secondary N) is 1. The summed E-state index contributed by atoms with van der Waals surface area (Å²) in [5.41, 5.74) is 0. The largest absolute Gasteiger partial charge is 0.341 e. The first-order valence-corrected chi connectivity index (χ1v) is 6.26. The molecule has 3 heteroatoms. The Morgan fingerprint density at radius 2 is 2.07 bits per heavy atom. The fourth-order valence-corrected chi connectivity index (χ4v) is 1.68. The first-order chi connectivity index (χ1) is 7.27. The predicted molar refractivity (Wildman–Crippen MR) is 62.8 cm³/mol. The van der Waals surface area contributed by atoms with E-state index >= 15 is 0 Å². The van der Waals surface area contributed by atoms with E-state index in [1.807, 2.05) is 4.90 Å². The maximum atomic E-state index is 11.8. The Balaban J connectivity index is 2.22. The van der Waals surface area contributed by atoms with Crippen molar-refractivity contribution >= 4 is 5.91 Å². The fourth-order valence-electron chi connectivity index (χ4n) is 1.68. The molecule has 1 rings (SSSR count). The molecule has 0 atom stereocenters. The average Bonchev–Trinajstić information content (AvgIpc) is 3.01. The van der Waals surface area contributed by atoms with Gasteiger partial charge >= 0.3 is 0 Å². The van der Waals surface area contributed by atoms with Gasteiger partial charge in [0.25, 0.3) is 0 Å². The molecule has 0 bridgehead atoms. The summed E-state index contributed by atoms with van der Waals surface area (Å²) < 4.78 is 0. The van der Waals surface area contributed by atoms with Crippen LogP contribution in [0.2, 0.25) is 0 Å². The second-order valence-corrected chi connectivity index (χ2v) is 4.46. The van der Waals surface area contributed by atoms with E-state index in [0.29, 0.717) is 6.54 Å². The number of carbonyl (C=O) groups is 1. The molecule has 0 aliphatic heterocycles. The first kappa shape index (κ1) is 12.5. The zero-order chi connectivity index (χ0) is 11.1. The summed E-state index contributed by atoms with van der Waals surface area (Å²) in [6, 6.07) is 0. The van der Waals surface area contributed by atoms with Gasteiger partial charge in [0, 0.05) is 13.1 Å². The van der Waals surface area contributed by atoms with Crippen LogP contribution in [0.4, 0.5) is 0 Å². The Morgan fingerprint density at radius 3 is 2.60 bits per heavy atom. The number of hydrogen-bond donors (Lipinski definition) is 1. The second-order valence-electron chi connectivity index (χ2n) is 4.46. The number of amides is 1. The first-order valence-electron chi connectivity index (χ1n) is 6.26. The van der Waals surface area contributed by atoms with Gasteiger partial charge in [-0.1, -0.05) is 13.8 Å². The van der Waals surface area contributed by atoms with Crippen LogP contribution in [0.15, 0.2) is 0 Å². The molecule has 1 amide bonds. The molecule has 1 N–H and O–H groups in total. The standard InChI is InChI=1S/C12H24N2O/c1-3-7-13-9-12(15)14(8-4-2)10-11-5-6-11/h11,13H,3-10H2,1-2H3. The summed E-state index contributed by atoms with van der Waals surface area (Å²) in [7, 11) is 0. The van der Waals surface area contributed by atoms with Crippen molar-refractivity contribution in [2.45, 2.75) is 39.5 Å². The predicted octanol–water partition coefficient (Wildman–Crippen LogP) is 1.63. The van der Waals surface area contributed by atoms with E-state index in [0.717, 1.165) is 38.4 Å². The van der Waals surface area contributed by atoms with Crippen molar-refractivity contribution in [2.24, 2.45) is 5.92 Å². The van der Waals surface area contributed by atoms with E-state index in [1.165, 1.54) is 12.8 Å². The Bertz CT molecular complexity index is 190. The van der Waals surface area contributed by atoms with Crippen LogP contribution in [0, 0.1) is 5.92 Å². The van der Waals surface area contributed by atoms with Crippen molar-refractivity contribution < 1.29 is 4.79 Å². The molecule has 0 aromatic heterocycles. The third-order valence-corrected chi connectivity index (χ3v) is 2.72. The molecule has 1 saturated carbocycles. The molecule has 3 nitrogen and oxygen atoms in total. The highest BCUT2D eigenvalue weighted by molar-refractivity contribution is 5.78. The van der Waals surface area contributed by atoms with Crippen molar-refractivity contribution in [1.29, 1.82) is 0 Å². The molecule has 88 valence electrons. The molecule has 0 heterocycles. The lowest BCUT2D eigenvalue weighted by molar-refractivity contribution is -0.130. The van der Waals surface area contributed by atoms with Crippen LogP contribution in [0.3, 0.4) is 0 Å². The zero-order valence-electron chi connectivity index (χ0n) is 10.1. The highest BCUT2D eigenvalue weighted by atomic mass is 16.2. The van der Waals surface area contributed by atoms with Crippen LogP contribution in [-0.2, 0) is 4.79 Å². The molecule has 0 aromatic rings. The Kier molecular flexibility index (Phi) is 5.69. The summed E-state index contributed by atoms with van der Waals surface area (Å²) in [5.74, 6) is 1.07. The minimum atomic E-state index is 0.275. The molecule has 1 fully saturated rings. The maximum absolute atomic E-state index is 11.8. The van der Waals surface area contributed by atoms with Gasteiger partial charge in [0.05, 0.1) is 6.54 Å². The molecule has 15 heavy (non-hydrogen) atoms. The van der Waals surface area contributed by atoms with Crippen molar-refractivity contribution in [3.05, 3.63) is 0 Å². The molecule has 0 radical (unpaired) electrons. The Labute approximate surface area is 93.2 Å². The van der Waals surface area contributed by atoms with Crippen LogP contribution in [0.5, 0.6) is 0 Å². The molecular formula is C12H24N2O. The molecule has 1 aliphatic rings. The highest BCUT2D eigenvalue weighted by Gasteiger charge is 2.25. The average molecular weight is 212 g/mol. The number of nitrogens with zero attached hydrogens (tertiary/aromatic N) is 1. The van der Waals surface area contributed by atoms with Crippen LogP contribution in [0.25, 0.3) is 0 Å². The summed E-state index contributed by atoms with van der Waals surface area (Å²) in [5, 5.41) is 3.18. The van der Waals surface area contributed by atoms with Gasteiger partial charge in [0.2, 0.25) is 5.91 Å². The maximum Gasteiger partial charge on any atom is 0.236 e. The van der Waals surface area contributed by atoms with Gasteiger partial charge in [-0.25, -0.2) is 0 Å². The summed E-state index contributed by atoms with van der Waals surface area (Å²) in [6.45, 7) is 7.61. The molecule has 0 unspecified atom stereocenters. The minimum Gasteiger partial charge on any atom is -0.341 e. The smallest absolute Gasteiger partial charge is 0.236 e. The summed E-state index contributed by atoms with van der Waals surface area (Å²) >= 11 is 0. The van der Waals surface area contributed by atoms with E-state index < -0.39 is 0 Å². The normalized spacial score (nSPS) is 15.3. The van der Waals surface area contributed by atoms with Crippen LogP contribution in [-0.4, -0.2) is 37.0 Å². The van der Waals surface area contributed by atoms with Gasteiger partial charge in [-0.2, -0.15) is 0 Å². The molecule has 1 aliphatic carbocycles. The SMILES string of the molecule is CCCNCC(=O)N(CCC)CC1CC1. The lowest BCUT2D eigenvalue weighted by atomic mass is 10.3. The molecule has 0 saturated heterocycles.